The predicted octanol–water partition coefficient (Wildman–Crippen LogP) is 3.22. The van der Waals surface area contributed by atoms with Gasteiger partial charge in [-0.15, -0.1) is 24.0 Å². The number of nitrogens with one attached hydrogen (secondary N) is 1. The molecule has 152 valence electrons. The third kappa shape index (κ3) is 7.49. The Hall–Kier alpha value is -1.02. The highest BCUT2D eigenvalue weighted by Gasteiger charge is 2.17. The third-order valence-corrected chi connectivity index (χ3v) is 5.69. The minimum Gasteiger partial charge on any atom is -0.370 e. The molecule has 1 aliphatic heterocycles. The molecule has 0 radical (unpaired) electrons. The molecule has 6 heteroatoms. The SMILES string of the molecule is Cc1cccc(N2CCN(CCCCNC(N)=NCC3CCC3)CC2)c1.I. The summed E-state index contributed by atoms with van der Waals surface area (Å²) in [7, 11) is 0. The number of aryl methyl sites for hydroxylation is 1. The molecule has 0 amide bonds. The maximum atomic E-state index is 5.93. The predicted molar refractivity (Wildman–Crippen MR) is 126 cm³/mol. The molecule has 2 fully saturated rings. The number of benzene rings is 1. The molecule has 1 aromatic carbocycles. The summed E-state index contributed by atoms with van der Waals surface area (Å²) >= 11 is 0. The molecule has 3 N–H and O–H groups in total. The second-order valence-electron chi connectivity index (χ2n) is 7.82. The van der Waals surface area contributed by atoms with Crippen molar-refractivity contribution in [2.75, 3.05) is 50.7 Å². The van der Waals surface area contributed by atoms with E-state index in [1.165, 1.54) is 43.5 Å². The van der Waals surface area contributed by atoms with Gasteiger partial charge in [0.05, 0.1) is 0 Å². The Balaban J connectivity index is 0.00000261. The van der Waals surface area contributed by atoms with Gasteiger partial charge in [-0.05, 0) is 62.8 Å². The van der Waals surface area contributed by atoms with Crippen molar-refractivity contribution in [3.05, 3.63) is 29.8 Å². The first-order valence-electron chi connectivity index (χ1n) is 10.3. The molecule has 1 saturated heterocycles. The molecule has 0 atom stereocenters. The minimum atomic E-state index is 0. The quantitative estimate of drug-likeness (QED) is 0.257. The van der Waals surface area contributed by atoms with Crippen molar-refractivity contribution in [1.82, 2.24) is 10.2 Å². The smallest absolute Gasteiger partial charge is 0.188 e. The van der Waals surface area contributed by atoms with Crippen molar-refractivity contribution in [3.63, 3.8) is 0 Å². The van der Waals surface area contributed by atoms with Crippen LogP contribution in [0.5, 0.6) is 0 Å². The van der Waals surface area contributed by atoms with E-state index in [1.54, 1.807) is 0 Å². The van der Waals surface area contributed by atoms with Gasteiger partial charge in [0.15, 0.2) is 5.96 Å². The molecular weight excluding hydrogens is 449 g/mol. The van der Waals surface area contributed by atoms with Gasteiger partial charge in [0, 0.05) is 45.0 Å². The van der Waals surface area contributed by atoms with Crippen LogP contribution >= 0.6 is 24.0 Å². The van der Waals surface area contributed by atoms with Gasteiger partial charge in [0.2, 0.25) is 0 Å². The molecule has 1 heterocycles. The highest BCUT2D eigenvalue weighted by molar-refractivity contribution is 14.0. The summed E-state index contributed by atoms with van der Waals surface area (Å²) in [6.07, 6.45) is 6.39. The number of nitrogens with zero attached hydrogens (tertiary/aromatic N) is 3. The number of guanidine groups is 1. The number of hydrogen-bond acceptors (Lipinski definition) is 3. The maximum Gasteiger partial charge on any atom is 0.188 e. The van der Waals surface area contributed by atoms with E-state index < -0.39 is 0 Å². The van der Waals surface area contributed by atoms with Crippen molar-refractivity contribution >= 4 is 35.6 Å². The van der Waals surface area contributed by atoms with Crippen molar-refractivity contribution in [2.24, 2.45) is 16.6 Å². The van der Waals surface area contributed by atoms with E-state index >= 15 is 0 Å². The molecule has 1 aromatic rings. The molecular formula is C21H36IN5. The zero-order valence-electron chi connectivity index (χ0n) is 16.7. The number of rotatable bonds is 8. The van der Waals surface area contributed by atoms with Gasteiger partial charge < -0.3 is 16.0 Å². The number of nitrogens with two attached hydrogens (primary N) is 1. The van der Waals surface area contributed by atoms with Crippen molar-refractivity contribution in [1.29, 1.82) is 0 Å². The number of anilines is 1. The molecule has 5 nitrogen and oxygen atoms in total. The summed E-state index contributed by atoms with van der Waals surface area (Å²) < 4.78 is 0. The fourth-order valence-electron chi connectivity index (χ4n) is 3.69. The van der Waals surface area contributed by atoms with Crippen LogP contribution in [0, 0.1) is 12.8 Å². The van der Waals surface area contributed by atoms with E-state index in [0.717, 1.165) is 51.6 Å². The summed E-state index contributed by atoms with van der Waals surface area (Å²) in [5.41, 5.74) is 8.64. The van der Waals surface area contributed by atoms with Crippen LogP contribution < -0.4 is 16.0 Å². The fourth-order valence-corrected chi connectivity index (χ4v) is 3.69. The van der Waals surface area contributed by atoms with Crippen LogP contribution in [-0.4, -0.2) is 56.7 Å². The van der Waals surface area contributed by atoms with E-state index in [0.29, 0.717) is 5.96 Å². The Morgan fingerprint density at radius 1 is 1.19 bits per heavy atom. The molecule has 0 aromatic heterocycles. The standard InChI is InChI=1S/C21H35N5.HI/c1-18-6-4-9-20(16-18)26-14-12-25(13-15-26)11-3-2-10-23-21(22)24-17-19-7-5-8-19;/h4,6,9,16,19H,2-3,5,7-8,10-15,17H2,1H3,(H3,22,23,24);1H. The Bertz CT molecular complexity index is 580. The summed E-state index contributed by atoms with van der Waals surface area (Å²) in [6.45, 7) is 9.76. The fraction of sp³-hybridized carbons (Fsp3) is 0.667. The third-order valence-electron chi connectivity index (χ3n) is 5.69. The molecule has 1 saturated carbocycles. The summed E-state index contributed by atoms with van der Waals surface area (Å²) in [5.74, 6) is 1.41. The highest BCUT2D eigenvalue weighted by Crippen LogP contribution is 2.26. The van der Waals surface area contributed by atoms with Crippen molar-refractivity contribution < 1.29 is 0 Å². The van der Waals surface area contributed by atoms with Gasteiger partial charge in [0.25, 0.3) is 0 Å². The van der Waals surface area contributed by atoms with E-state index in [9.17, 15) is 0 Å². The lowest BCUT2D eigenvalue weighted by atomic mass is 9.86. The van der Waals surface area contributed by atoms with Gasteiger partial charge in [-0.25, -0.2) is 0 Å². The topological polar surface area (TPSA) is 56.9 Å². The lowest BCUT2D eigenvalue weighted by Crippen LogP contribution is -2.46. The van der Waals surface area contributed by atoms with Crippen LogP contribution in [0.4, 0.5) is 5.69 Å². The van der Waals surface area contributed by atoms with Crippen LogP contribution in [0.25, 0.3) is 0 Å². The number of piperazine rings is 1. The normalized spacial score (nSPS) is 18.7. The van der Waals surface area contributed by atoms with Crippen molar-refractivity contribution in [3.8, 4) is 0 Å². The van der Waals surface area contributed by atoms with Crippen molar-refractivity contribution in [2.45, 2.75) is 39.0 Å². The number of aliphatic imine (C=N–C) groups is 1. The maximum absolute atomic E-state index is 5.93. The molecule has 2 aliphatic rings. The van der Waals surface area contributed by atoms with Gasteiger partial charge in [0.1, 0.15) is 0 Å². The number of hydrogen-bond donors (Lipinski definition) is 2. The first-order valence-corrected chi connectivity index (χ1v) is 10.3. The molecule has 27 heavy (non-hydrogen) atoms. The first-order chi connectivity index (χ1) is 12.7. The van der Waals surface area contributed by atoms with Gasteiger partial charge in [-0.3, -0.25) is 9.89 Å². The monoisotopic (exact) mass is 485 g/mol. The van der Waals surface area contributed by atoms with Gasteiger partial charge >= 0.3 is 0 Å². The average Bonchev–Trinajstić information content (AvgIpc) is 2.61. The zero-order chi connectivity index (χ0) is 18.2. The van der Waals surface area contributed by atoms with Crippen LogP contribution in [0.1, 0.15) is 37.7 Å². The molecule has 0 bridgehead atoms. The Morgan fingerprint density at radius 2 is 1.96 bits per heavy atom. The Morgan fingerprint density at radius 3 is 2.63 bits per heavy atom. The Labute approximate surface area is 181 Å². The van der Waals surface area contributed by atoms with Gasteiger partial charge in [-0.2, -0.15) is 0 Å². The Kier molecular flexibility index (Phi) is 9.68. The summed E-state index contributed by atoms with van der Waals surface area (Å²) in [6, 6.07) is 8.84. The van der Waals surface area contributed by atoms with Crippen LogP contribution in [0.2, 0.25) is 0 Å². The summed E-state index contributed by atoms with van der Waals surface area (Å²) in [4.78, 5) is 9.53. The van der Waals surface area contributed by atoms with Gasteiger partial charge in [-0.1, -0.05) is 18.6 Å². The van der Waals surface area contributed by atoms with Crippen LogP contribution in [-0.2, 0) is 0 Å². The lowest BCUT2D eigenvalue weighted by Gasteiger charge is -2.36. The molecule has 3 rings (SSSR count). The number of halogens is 1. The van der Waals surface area contributed by atoms with Crippen LogP contribution in [0.15, 0.2) is 29.3 Å². The van der Waals surface area contributed by atoms with E-state index in [4.69, 9.17) is 5.73 Å². The molecule has 0 unspecified atom stereocenters. The number of unbranched alkanes of at least 4 members (excludes halogenated alkanes) is 1. The highest BCUT2D eigenvalue weighted by atomic mass is 127. The van der Waals surface area contributed by atoms with E-state index in [1.807, 2.05) is 0 Å². The zero-order valence-corrected chi connectivity index (χ0v) is 19.0. The first kappa shape index (κ1) is 22.3. The second kappa shape index (κ2) is 11.7. The summed E-state index contributed by atoms with van der Waals surface area (Å²) in [5, 5.41) is 3.26. The molecule has 1 aliphatic carbocycles. The van der Waals surface area contributed by atoms with E-state index in [-0.39, 0.29) is 24.0 Å². The van der Waals surface area contributed by atoms with E-state index in [2.05, 4.69) is 51.3 Å². The average molecular weight is 485 g/mol. The molecule has 0 spiro atoms. The second-order valence-corrected chi connectivity index (χ2v) is 7.82. The minimum absolute atomic E-state index is 0. The lowest BCUT2D eigenvalue weighted by molar-refractivity contribution is 0.253. The van der Waals surface area contributed by atoms with Crippen LogP contribution in [0.3, 0.4) is 0 Å². The largest absolute Gasteiger partial charge is 0.370 e.